The van der Waals surface area contributed by atoms with E-state index in [1.54, 1.807) is 0 Å². The summed E-state index contributed by atoms with van der Waals surface area (Å²) in [6.07, 6.45) is 0. The van der Waals surface area contributed by atoms with Crippen molar-refractivity contribution >= 4 is 31.9 Å². The Kier molecular flexibility index (Phi) is 3.59. The third-order valence-corrected chi connectivity index (χ3v) is 2.99. The molecule has 0 aliphatic rings. The highest BCUT2D eigenvalue weighted by atomic mass is 79.9. The zero-order chi connectivity index (χ0) is 9.14. The Morgan fingerprint density at radius 2 is 1.92 bits per heavy atom. The van der Waals surface area contributed by atoms with Gasteiger partial charge < -0.3 is 5.11 Å². The summed E-state index contributed by atoms with van der Waals surface area (Å²) < 4.78 is 0. The Bertz CT molecular complexity index is 284. The van der Waals surface area contributed by atoms with E-state index in [0.29, 0.717) is 11.1 Å². The van der Waals surface area contributed by atoms with E-state index in [4.69, 9.17) is 0 Å². The number of benzene rings is 1. The SMILES string of the molecule is Cc1cc(CBr)cc(CBr)c1O. The maximum absolute atomic E-state index is 9.57. The lowest BCUT2D eigenvalue weighted by molar-refractivity contribution is 0.466. The summed E-state index contributed by atoms with van der Waals surface area (Å²) in [7, 11) is 0. The molecule has 1 aromatic carbocycles. The Labute approximate surface area is 89.1 Å². The lowest BCUT2D eigenvalue weighted by Crippen LogP contribution is -1.87. The van der Waals surface area contributed by atoms with E-state index in [2.05, 4.69) is 31.9 Å². The van der Waals surface area contributed by atoms with Gasteiger partial charge in [0.05, 0.1) is 0 Å². The molecule has 0 aliphatic heterocycles. The molecule has 1 N–H and O–H groups in total. The first-order chi connectivity index (χ1) is 5.69. The lowest BCUT2D eigenvalue weighted by Gasteiger charge is -2.06. The highest BCUT2D eigenvalue weighted by Crippen LogP contribution is 2.26. The smallest absolute Gasteiger partial charge is 0.122 e. The molecule has 66 valence electrons. The van der Waals surface area contributed by atoms with Crippen LogP contribution in [-0.2, 0) is 10.7 Å². The maximum atomic E-state index is 9.57. The summed E-state index contributed by atoms with van der Waals surface area (Å²) in [5.41, 5.74) is 3.07. The van der Waals surface area contributed by atoms with E-state index in [9.17, 15) is 5.11 Å². The molecular weight excluding hydrogens is 284 g/mol. The molecule has 12 heavy (non-hydrogen) atoms. The minimum atomic E-state index is 0.400. The minimum Gasteiger partial charge on any atom is -0.507 e. The highest BCUT2D eigenvalue weighted by molar-refractivity contribution is 9.08. The molecule has 0 atom stereocenters. The summed E-state index contributed by atoms with van der Waals surface area (Å²) in [5, 5.41) is 11.1. The molecule has 0 saturated heterocycles. The van der Waals surface area contributed by atoms with Gasteiger partial charge in [-0.15, -0.1) is 0 Å². The van der Waals surface area contributed by atoms with Crippen molar-refractivity contribution in [3.8, 4) is 5.75 Å². The van der Waals surface area contributed by atoms with E-state index < -0.39 is 0 Å². The largest absolute Gasteiger partial charge is 0.507 e. The average molecular weight is 294 g/mol. The number of phenols is 1. The molecule has 1 rings (SSSR count). The molecule has 0 bridgehead atoms. The van der Waals surface area contributed by atoms with Gasteiger partial charge in [0, 0.05) is 16.2 Å². The topological polar surface area (TPSA) is 20.2 Å². The van der Waals surface area contributed by atoms with Crippen molar-refractivity contribution in [3.05, 3.63) is 28.8 Å². The molecule has 0 aliphatic carbocycles. The number of hydrogen-bond donors (Lipinski definition) is 1. The van der Waals surface area contributed by atoms with Crippen molar-refractivity contribution in [1.29, 1.82) is 0 Å². The summed E-state index contributed by atoms with van der Waals surface area (Å²) in [6.45, 7) is 1.91. The van der Waals surface area contributed by atoms with E-state index in [1.807, 2.05) is 19.1 Å². The van der Waals surface area contributed by atoms with Gasteiger partial charge in [-0.1, -0.05) is 44.0 Å². The van der Waals surface area contributed by atoms with Crippen LogP contribution in [0.5, 0.6) is 5.75 Å². The molecule has 0 amide bonds. The molecule has 0 heterocycles. The van der Waals surface area contributed by atoms with Gasteiger partial charge in [-0.05, 0) is 18.1 Å². The van der Waals surface area contributed by atoms with E-state index in [-0.39, 0.29) is 0 Å². The predicted molar refractivity (Wildman–Crippen MR) is 58.1 cm³/mol. The van der Waals surface area contributed by atoms with Crippen molar-refractivity contribution in [3.63, 3.8) is 0 Å². The van der Waals surface area contributed by atoms with Gasteiger partial charge in [0.15, 0.2) is 0 Å². The first-order valence-electron chi connectivity index (χ1n) is 3.62. The second-order valence-corrected chi connectivity index (χ2v) is 3.81. The summed E-state index contributed by atoms with van der Waals surface area (Å²) >= 11 is 6.71. The van der Waals surface area contributed by atoms with E-state index >= 15 is 0 Å². The second-order valence-electron chi connectivity index (χ2n) is 2.69. The second kappa shape index (κ2) is 4.28. The molecule has 3 heteroatoms. The Balaban J connectivity index is 3.19. The molecule has 0 radical (unpaired) electrons. The molecular formula is C9H10Br2O. The van der Waals surface area contributed by atoms with Crippen LogP contribution in [0.25, 0.3) is 0 Å². The monoisotopic (exact) mass is 292 g/mol. The Morgan fingerprint density at radius 3 is 2.42 bits per heavy atom. The third-order valence-electron chi connectivity index (χ3n) is 1.74. The first-order valence-corrected chi connectivity index (χ1v) is 5.86. The standard InChI is InChI=1S/C9H10Br2O/c1-6-2-7(4-10)3-8(5-11)9(6)12/h2-3,12H,4-5H2,1H3. The van der Waals surface area contributed by atoms with Crippen LogP contribution >= 0.6 is 31.9 Å². The Morgan fingerprint density at radius 1 is 1.25 bits per heavy atom. The number of phenolic OH excluding ortho intramolecular Hbond substituents is 1. The van der Waals surface area contributed by atoms with Crippen molar-refractivity contribution in [2.75, 3.05) is 0 Å². The zero-order valence-electron chi connectivity index (χ0n) is 6.77. The molecule has 1 aromatic rings. The number of rotatable bonds is 2. The number of halogens is 2. The van der Waals surface area contributed by atoms with Gasteiger partial charge in [0.1, 0.15) is 5.75 Å². The fourth-order valence-electron chi connectivity index (χ4n) is 1.11. The highest BCUT2D eigenvalue weighted by Gasteiger charge is 2.04. The van der Waals surface area contributed by atoms with Crippen LogP contribution in [0.1, 0.15) is 16.7 Å². The first kappa shape index (κ1) is 10.1. The average Bonchev–Trinajstić information content (AvgIpc) is 2.09. The quantitative estimate of drug-likeness (QED) is 0.828. The van der Waals surface area contributed by atoms with Crippen LogP contribution in [0.2, 0.25) is 0 Å². The summed E-state index contributed by atoms with van der Waals surface area (Å²) in [6, 6.07) is 3.97. The van der Waals surface area contributed by atoms with Gasteiger partial charge in [-0.3, -0.25) is 0 Å². The number of alkyl halides is 2. The van der Waals surface area contributed by atoms with Crippen molar-refractivity contribution in [1.82, 2.24) is 0 Å². The maximum Gasteiger partial charge on any atom is 0.122 e. The molecule has 1 nitrogen and oxygen atoms in total. The van der Waals surface area contributed by atoms with Crippen LogP contribution < -0.4 is 0 Å². The van der Waals surface area contributed by atoms with Crippen molar-refractivity contribution < 1.29 is 5.11 Å². The number of aromatic hydroxyl groups is 1. The fourth-order valence-corrected chi connectivity index (χ4v) is 1.86. The molecule has 0 saturated carbocycles. The molecule has 0 fully saturated rings. The fraction of sp³-hybridized carbons (Fsp3) is 0.333. The van der Waals surface area contributed by atoms with Gasteiger partial charge >= 0.3 is 0 Å². The summed E-state index contributed by atoms with van der Waals surface area (Å²) in [5.74, 6) is 0.400. The van der Waals surface area contributed by atoms with E-state index in [0.717, 1.165) is 16.5 Å². The lowest BCUT2D eigenvalue weighted by atomic mass is 10.1. The predicted octanol–water partition coefficient (Wildman–Crippen LogP) is 3.49. The Hall–Kier alpha value is -0.0200. The third kappa shape index (κ3) is 2.02. The molecule has 0 spiro atoms. The van der Waals surface area contributed by atoms with Crippen molar-refractivity contribution in [2.45, 2.75) is 17.6 Å². The number of hydrogen-bond acceptors (Lipinski definition) is 1. The minimum absolute atomic E-state index is 0.400. The van der Waals surface area contributed by atoms with Crippen LogP contribution in [-0.4, -0.2) is 5.11 Å². The van der Waals surface area contributed by atoms with Crippen LogP contribution in [0.15, 0.2) is 12.1 Å². The van der Waals surface area contributed by atoms with Crippen LogP contribution in [0.4, 0.5) is 0 Å². The molecule has 0 unspecified atom stereocenters. The zero-order valence-corrected chi connectivity index (χ0v) is 9.94. The van der Waals surface area contributed by atoms with Crippen LogP contribution in [0, 0.1) is 6.92 Å². The van der Waals surface area contributed by atoms with Gasteiger partial charge in [-0.25, -0.2) is 0 Å². The van der Waals surface area contributed by atoms with Gasteiger partial charge in [0.25, 0.3) is 0 Å². The molecule has 0 aromatic heterocycles. The van der Waals surface area contributed by atoms with Crippen LogP contribution in [0.3, 0.4) is 0 Å². The number of aryl methyl sites for hydroxylation is 1. The van der Waals surface area contributed by atoms with E-state index in [1.165, 1.54) is 5.56 Å². The van der Waals surface area contributed by atoms with Gasteiger partial charge in [-0.2, -0.15) is 0 Å². The van der Waals surface area contributed by atoms with Crippen molar-refractivity contribution in [2.24, 2.45) is 0 Å². The normalized spacial score (nSPS) is 10.2. The summed E-state index contributed by atoms with van der Waals surface area (Å²) in [4.78, 5) is 0. The van der Waals surface area contributed by atoms with Gasteiger partial charge in [0.2, 0.25) is 0 Å².